The molecule has 0 aromatic carbocycles. The van der Waals surface area contributed by atoms with E-state index in [4.69, 9.17) is 9.47 Å². The van der Waals surface area contributed by atoms with E-state index in [9.17, 15) is 4.79 Å². The summed E-state index contributed by atoms with van der Waals surface area (Å²) in [7, 11) is 0. The van der Waals surface area contributed by atoms with Gasteiger partial charge in [-0.1, -0.05) is 0 Å². The van der Waals surface area contributed by atoms with Gasteiger partial charge in [0.15, 0.2) is 0 Å². The van der Waals surface area contributed by atoms with Gasteiger partial charge >= 0.3 is 6.03 Å². The van der Waals surface area contributed by atoms with Gasteiger partial charge in [0.2, 0.25) is 0 Å². The summed E-state index contributed by atoms with van der Waals surface area (Å²) in [6.45, 7) is 2.76. The van der Waals surface area contributed by atoms with Crippen LogP contribution in [0.15, 0.2) is 0 Å². The second-order valence-electron chi connectivity index (χ2n) is 3.00. The van der Waals surface area contributed by atoms with E-state index in [1.54, 1.807) is 0 Å². The summed E-state index contributed by atoms with van der Waals surface area (Å²) < 4.78 is 9.86. The molecule has 68 valence electrons. The maximum Gasteiger partial charge on any atom is 0.314 e. The highest BCUT2D eigenvalue weighted by atomic mass is 16.6. The molecule has 0 aromatic rings. The minimum absolute atomic E-state index is 0.138. The lowest BCUT2D eigenvalue weighted by Crippen LogP contribution is -2.39. The Bertz CT molecular complexity index is 159. The lowest BCUT2D eigenvalue weighted by molar-refractivity contribution is 0.238. The molecular formula is C7H12N2O3. The molecule has 2 amide bonds. The second-order valence-corrected chi connectivity index (χ2v) is 3.00. The molecule has 2 rings (SSSR count). The number of amides is 2. The van der Waals surface area contributed by atoms with Crippen LogP contribution >= 0.6 is 0 Å². The van der Waals surface area contributed by atoms with Crippen molar-refractivity contribution in [3.8, 4) is 0 Å². The Morgan fingerprint density at radius 1 is 1.17 bits per heavy atom. The van der Waals surface area contributed by atoms with Gasteiger partial charge in [-0.3, -0.25) is 0 Å². The van der Waals surface area contributed by atoms with Crippen molar-refractivity contribution in [1.82, 2.24) is 10.6 Å². The zero-order valence-electron chi connectivity index (χ0n) is 6.71. The maximum absolute atomic E-state index is 11.0. The molecule has 2 saturated heterocycles. The van der Waals surface area contributed by atoms with Crippen LogP contribution in [0.2, 0.25) is 0 Å². The van der Waals surface area contributed by atoms with Crippen LogP contribution < -0.4 is 10.6 Å². The molecule has 0 spiro atoms. The van der Waals surface area contributed by atoms with Crippen LogP contribution in [0.5, 0.6) is 0 Å². The van der Waals surface area contributed by atoms with Crippen molar-refractivity contribution in [3.63, 3.8) is 0 Å². The number of carbonyl (C=O) groups excluding carboxylic acids is 1. The molecule has 0 saturated carbocycles. The molecule has 2 aliphatic rings. The average Bonchev–Trinajstić information content (AvgIpc) is 2.89. The van der Waals surface area contributed by atoms with Gasteiger partial charge in [0, 0.05) is 13.1 Å². The SMILES string of the molecule is O=C(NCC1CO1)NCC1CO1. The maximum atomic E-state index is 11.0. The summed E-state index contributed by atoms with van der Waals surface area (Å²) in [6.07, 6.45) is 0.487. The number of hydrogen-bond donors (Lipinski definition) is 2. The van der Waals surface area contributed by atoms with Gasteiger partial charge in [-0.25, -0.2) is 4.79 Å². The van der Waals surface area contributed by atoms with Crippen LogP contribution in [0.4, 0.5) is 4.79 Å². The largest absolute Gasteiger partial charge is 0.371 e. The van der Waals surface area contributed by atoms with Crippen molar-refractivity contribution < 1.29 is 14.3 Å². The average molecular weight is 172 g/mol. The molecule has 2 atom stereocenters. The van der Waals surface area contributed by atoms with Crippen LogP contribution in [0.25, 0.3) is 0 Å². The summed E-state index contributed by atoms with van der Waals surface area (Å²) >= 11 is 0. The first kappa shape index (κ1) is 7.82. The molecular weight excluding hydrogens is 160 g/mol. The summed E-state index contributed by atoms with van der Waals surface area (Å²) in [6, 6.07) is -0.138. The zero-order valence-corrected chi connectivity index (χ0v) is 6.71. The highest BCUT2D eigenvalue weighted by molar-refractivity contribution is 5.73. The molecule has 5 nitrogen and oxygen atoms in total. The van der Waals surface area contributed by atoms with Crippen molar-refractivity contribution in [3.05, 3.63) is 0 Å². The Balaban J connectivity index is 1.50. The summed E-state index contributed by atoms with van der Waals surface area (Å²) in [5, 5.41) is 5.39. The van der Waals surface area contributed by atoms with E-state index >= 15 is 0 Å². The van der Waals surface area contributed by atoms with Crippen molar-refractivity contribution in [2.75, 3.05) is 26.3 Å². The van der Waals surface area contributed by atoms with Gasteiger partial charge in [0.1, 0.15) is 0 Å². The lowest BCUT2D eigenvalue weighted by Gasteiger charge is -2.03. The smallest absolute Gasteiger partial charge is 0.314 e. The Labute approximate surface area is 70.4 Å². The number of epoxide rings is 2. The third-order valence-electron chi connectivity index (χ3n) is 1.79. The fraction of sp³-hybridized carbons (Fsp3) is 0.857. The quantitative estimate of drug-likeness (QED) is 0.539. The predicted octanol–water partition coefficient (Wildman–Crippen LogP) is -0.917. The molecule has 2 heterocycles. The van der Waals surface area contributed by atoms with Crippen molar-refractivity contribution in [1.29, 1.82) is 0 Å². The van der Waals surface area contributed by atoms with Gasteiger partial charge in [-0.15, -0.1) is 0 Å². The van der Waals surface area contributed by atoms with E-state index in [0.717, 1.165) is 13.2 Å². The Kier molecular flexibility index (Phi) is 2.14. The molecule has 2 unspecified atom stereocenters. The Morgan fingerprint density at radius 2 is 1.58 bits per heavy atom. The number of hydrogen-bond acceptors (Lipinski definition) is 3. The first-order valence-electron chi connectivity index (χ1n) is 4.09. The molecule has 2 N–H and O–H groups in total. The van der Waals surface area contributed by atoms with E-state index in [-0.39, 0.29) is 18.2 Å². The summed E-state index contributed by atoms with van der Waals surface area (Å²) in [5.74, 6) is 0. The van der Waals surface area contributed by atoms with E-state index in [1.165, 1.54) is 0 Å². The monoisotopic (exact) mass is 172 g/mol. The molecule has 0 bridgehead atoms. The van der Waals surface area contributed by atoms with Crippen LogP contribution in [0, 0.1) is 0 Å². The van der Waals surface area contributed by atoms with Crippen molar-refractivity contribution >= 4 is 6.03 Å². The number of urea groups is 1. The first-order valence-corrected chi connectivity index (χ1v) is 4.09. The number of rotatable bonds is 4. The molecule has 0 aromatic heterocycles. The Hall–Kier alpha value is -0.810. The fourth-order valence-corrected chi connectivity index (χ4v) is 0.847. The summed E-state index contributed by atoms with van der Waals surface area (Å²) in [4.78, 5) is 11.0. The van der Waals surface area contributed by atoms with Crippen LogP contribution in [0.3, 0.4) is 0 Å². The number of nitrogens with one attached hydrogen (secondary N) is 2. The van der Waals surface area contributed by atoms with Gasteiger partial charge in [0.25, 0.3) is 0 Å². The fourth-order valence-electron chi connectivity index (χ4n) is 0.847. The predicted molar refractivity (Wildman–Crippen MR) is 40.9 cm³/mol. The second kappa shape index (κ2) is 3.28. The molecule has 12 heavy (non-hydrogen) atoms. The highest BCUT2D eigenvalue weighted by Gasteiger charge is 2.24. The van der Waals surface area contributed by atoms with Crippen LogP contribution in [-0.2, 0) is 9.47 Å². The summed E-state index contributed by atoms with van der Waals surface area (Å²) in [5.41, 5.74) is 0. The lowest BCUT2D eigenvalue weighted by atomic mass is 10.4. The highest BCUT2D eigenvalue weighted by Crippen LogP contribution is 2.07. The molecule has 2 aliphatic heterocycles. The molecule has 0 radical (unpaired) electrons. The third kappa shape index (κ3) is 2.67. The number of carbonyl (C=O) groups is 1. The number of ether oxygens (including phenoxy) is 2. The first-order chi connectivity index (χ1) is 5.84. The third-order valence-corrected chi connectivity index (χ3v) is 1.79. The zero-order chi connectivity index (χ0) is 8.39. The van der Waals surface area contributed by atoms with E-state index in [0.29, 0.717) is 13.1 Å². The minimum atomic E-state index is -0.138. The van der Waals surface area contributed by atoms with E-state index in [1.807, 2.05) is 0 Å². The normalized spacial score (nSPS) is 31.0. The van der Waals surface area contributed by atoms with Crippen LogP contribution in [0.1, 0.15) is 0 Å². The van der Waals surface area contributed by atoms with E-state index < -0.39 is 0 Å². The van der Waals surface area contributed by atoms with E-state index in [2.05, 4.69) is 10.6 Å². The van der Waals surface area contributed by atoms with Gasteiger partial charge in [0.05, 0.1) is 25.4 Å². The van der Waals surface area contributed by atoms with Gasteiger partial charge < -0.3 is 20.1 Å². The van der Waals surface area contributed by atoms with Crippen molar-refractivity contribution in [2.45, 2.75) is 12.2 Å². The standard InChI is InChI=1S/C7H12N2O3/c10-7(8-1-5-3-11-5)9-2-6-4-12-6/h5-6H,1-4H2,(H2,8,9,10). The Morgan fingerprint density at radius 3 is 1.92 bits per heavy atom. The van der Waals surface area contributed by atoms with Crippen LogP contribution in [-0.4, -0.2) is 44.5 Å². The molecule has 2 fully saturated rings. The van der Waals surface area contributed by atoms with Gasteiger partial charge in [-0.2, -0.15) is 0 Å². The molecule has 0 aliphatic carbocycles. The molecule has 5 heteroatoms. The van der Waals surface area contributed by atoms with Gasteiger partial charge in [-0.05, 0) is 0 Å². The topological polar surface area (TPSA) is 66.2 Å². The van der Waals surface area contributed by atoms with Crippen molar-refractivity contribution in [2.24, 2.45) is 0 Å². The minimum Gasteiger partial charge on any atom is -0.371 e.